The summed E-state index contributed by atoms with van der Waals surface area (Å²) in [7, 11) is -1.68. The fourth-order valence-electron chi connectivity index (χ4n) is 1.18. The van der Waals surface area contributed by atoms with Crippen LogP contribution in [0.4, 0.5) is 5.69 Å². The van der Waals surface area contributed by atoms with E-state index in [9.17, 15) is 13.2 Å². The molecule has 3 N–H and O–H groups in total. The molecule has 0 aliphatic heterocycles. The Bertz CT molecular complexity index is 540. The maximum Gasteiger partial charge on any atom is 0.337 e. The lowest BCUT2D eigenvalue weighted by molar-refractivity contribution is -0.0259. The number of carbonyl (C=O) groups is 1. The zero-order valence-corrected chi connectivity index (χ0v) is 10.1. The van der Waals surface area contributed by atoms with Crippen molar-refractivity contribution in [3.63, 3.8) is 0 Å². The van der Waals surface area contributed by atoms with Crippen molar-refractivity contribution in [3.05, 3.63) is 23.8 Å². The Kier molecular flexibility index (Phi) is 3.71. The summed E-state index contributed by atoms with van der Waals surface area (Å²) in [5, 5.41) is 8.93. The van der Waals surface area contributed by atoms with E-state index in [-0.39, 0.29) is 10.6 Å². The van der Waals surface area contributed by atoms with Gasteiger partial charge in [-0.25, -0.2) is 13.2 Å². The summed E-state index contributed by atoms with van der Waals surface area (Å²) in [5.41, 5.74) is 5.19. The number of nitrogens with zero attached hydrogens (tertiary/aromatic N) is 1. The second kappa shape index (κ2) is 4.70. The van der Waals surface area contributed by atoms with E-state index in [1.54, 1.807) is 0 Å². The number of hydrogen-bond acceptors (Lipinski definition) is 5. The first-order valence-corrected chi connectivity index (χ1v) is 5.90. The topological polar surface area (TPSA) is 110 Å². The van der Waals surface area contributed by atoms with Gasteiger partial charge in [0.1, 0.15) is 0 Å². The van der Waals surface area contributed by atoms with Crippen molar-refractivity contribution >= 4 is 21.7 Å². The molecule has 1 aromatic carbocycles. The number of nitrogen functional groups attached to an aromatic ring is 1. The van der Waals surface area contributed by atoms with Crippen LogP contribution in [0, 0.1) is 0 Å². The fourth-order valence-corrected chi connectivity index (χ4v) is 2.31. The number of nitrogens with two attached hydrogens (primary N) is 1. The Morgan fingerprint density at radius 3 is 2.53 bits per heavy atom. The monoisotopic (exact) mass is 260 g/mol. The normalized spacial score (nSPS) is 11.7. The van der Waals surface area contributed by atoms with Crippen molar-refractivity contribution in [1.82, 2.24) is 4.47 Å². The van der Waals surface area contributed by atoms with E-state index < -0.39 is 21.6 Å². The van der Waals surface area contributed by atoms with Crippen LogP contribution in [0.15, 0.2) is 23.1 Å². The molecule has 0 atom stereocenters. The van der Waals surface area contributed by atoms with Crippen LogP contribution in [-0.4, -0.2) is 38.1 Å². The van der Waals surface area contributed by atoms with Crippen molar-refractivity contribution < 1.29 is 23.2 Å². The third-order valence-corrected chi connectivity index (χ3v) is 3.85. The highest BCUT2D eigenvalue weighted by molar-refractivity contribution is 7.89. The second-order valence-electron chi connectivity index (χ2n) is 3.16. The van der Waals surface area contributed by atoms with Crippen molar-refractivity contribution in [2.24, 2.45) is 0 Å². The fraction of sp³-hybridized carbons (Fsp3) is 0.222. The second-order valence-corrected chi connectivity index (χ2v) is 5.06. The van der Waals surface area contributed by atoms with Gasteiger partial charge in [-0.05, 0) is 18.2 Å². The Hall–Kier alpha value is -1.64. The molecule has 0 radical (unpaired) electrons. The molecule has 0 fully saturated rings. The smallest absolute Gasteiger partial charge is 0.337 e. The number of carboxylic acids is 1. The maximum absolute atomic E-state index is 11.9. The molecule has 1 rings (SSSR count). The first-order chi connectivity index (χ1) is 7.80. The maximum atomic E-state index is 11.9. The third kappa shape index (κ3) is 2.54. The number of hydrogen-bond donors (Lipinski definition) is 2. The number of anilines is 1. The van der Waals surface area contributed by atoms with Gasteiger partial charge in [-0.3, -0.25) is 4.84 Å². The number of rotatable bonds is 4. The number of hydroxylamine groups is 1. The molecule has 0 spiro atoms. The molecular weight excluding hydrogens is 248 g/mol. The van der Waals surface area contributed by atoms with Crippen LogP contribution in [0.2, 0.25) is 0 Å². The molecule has 0 heterocycles. The number of aromatic carboxylic acids is 1. The Morgan fingerprint density at radius 2 is 2.06 bits per heavy atom. The molecule has 8 heteroatoms. The SMILES string of the molecule is CON(C)S(=O)(=O)c1ccc(N)cc1C(=O)O. The third-order valence-electron chi connectivity index (χ3n) is 2.11. The summed E-state index contributed by atoms with van der Waals surface area (Å²) >= 11 is 0. The van der Waals surface area contributed by atoms with E-state index in [2.05, 4.69) is 4.84 Å². The van der Waals surface area contributed by atoms with Crippen molar-refractivity contribution in [2.75, 3.05) is 19.9 Å². The molecule has 94 valence electrons. The molecule has 0 aromatic heterocycles. The number of sulfonamides is 1. The summed E-state index contributed by atoms with van der Waals surface area (Å²) in [4.78, 5) is 15.1. The predicted molar refractivity (Wildman–Crippen MR) is 59.8 cm³/mol. The quantitative estimate of drug-likeness (QED) is 0.589. The van der Waals surface area contributed by atoms with E-state index in [1.807, 2.05) is 0 Å². The minimum absolute atomic E-state index is 0.168. The summed E-state index contributed by atoms with van der Waals surface area (Å²) in [5.74, 6) is -1.37. The molecule has 0 aliphatic carbocycles. The summed E-state index contributed by atoms with van der Waals surface area (Å²) < 4.78 is 24.4. The average Bonchev–Trinajstić information content (AvgIpc) is 2.27. The van der Waals surface area contributed by atoms with E-state index in [0.29, 0.717) is 4.47 Å². The van der Waals surface area contributed by atoms with Gasteiger partial charge in [-0.15, -0.1) is 0 Å². The van der Waals surface area contributed by atoms with Crippen LogP contribution >= 0.6 is 0 Å². The van der Waals surface area contributed by atoms with Crippen LogP contribution in [0.5, 0.6) is 0 Å². The summed E-state index contributed by atoms with van der Waals surface area (Å²) in [6.07, 6.45) is 0. The Labute approximate surface area is 98.4 Å². The Balaban J connectivity index is 3.47. The lowest BCUT2D eigenvalue weighted by Gasteiger charge is -2.15. The largest absolute Gasteiger partial charge is 0.478 e. The van der Waals surface area contributed by atoms with Gasteiger partial charge in [-0.1, -0.05) is 4.47 Å². The molecule has 0 saturated heterocycles. The van der Waals surface area contributed by atoms with E-state index in [0.717, 1.165) is 26.3 Å². The van der Waals surface area contributed by atoms with E-state index in [4.69, 9.17) is 10.8 Å². The highest BCUT2D eigenvalue weighted by Gasteiger charge is 2.26. The van der Waals surface area contributed by atoms with Gasteiger partial charge >= 0.3 is 5.97 Å². The van der Waals surface area contributed by atoms with Gasteiger partial charge in [0.2, 0.25) is 0 Å². The standard InChI is InChI=1S/C9H12N2O5S/c1-11(16-2)17(14,15)8-4-3-6(10)5-7(8)9(12)13/h3-5H,10H2,1-2H3,(H,12,13). The molecule has 0 bridgehead atoms. The molecule has 1 aromatic rings. The highest BCUT2D eigenvalue weighted by atomic mass is 32.2. The van der Waals surface area contributed by atoms with E-state index in [1.165, 1.54) is 6.07 Å². The lowest BCUT2D eigenvalue weighted by atomic mass is 10.2. The minimum atomic E-state index is -4.01. The first kappa shape index (κ1) is 13.4. The van der Waals surface area contributed by atoms with Gasteiger partial charge in [0.05, 0.1) is 17.6 Å². The van der Waals surface area contributed by atoms with Crippen molar-refractivity contribution in [1.29, 1.82) is 0 Å². The average molecular weight is 260 g/mol. The number of carboxylic acid groups (broad SMARTS) is 1. The minimum Gasteiger partial charge on any atom is -0.478 e. The Morgan fingerprint density at radius 1 is 1.47 bits per heavy atom. The van der Waals surface area contributed by atoms with Crippen LogP contribution in [0.25, 0.3) is 0 Å². The van der Waals surface area contributed by atoms with E-state index >= 15 is 0 Å². The predicted octanol–water partition coefficient (Wildman–Crippen LogP) is 0.149. The van der Waals surface area contributed by atoms with Crippen LogP contribution < -0.4 is 5.73 Å². The first-order valence-electron chi connectivity index (χ1n) is 4.46. The molecule has 0 amide bonds. The van der Waals surface area contributed by atoms with Gasteiger partial charge in [0.15, 0.2) is 0 Å². The van der Waals surface area contributed by atoms with Gasteiger partial charge in [-0.2, -0.15) is 0 Å². The zero-order valence-electron chi connectivity index (χ0n) is 9.25. The molecule has 0 aliphatic rings. The van der Waals surface area contributed by atoms with Crippen LogP contribution in [-0.2, 0) is 14.9 Å². The number of benzene rings is 1. The molecule has 0 unspecified atom stereocenters. The van der Waals surface area contributed by atoms with Gasteiger partial charge < -0.3 is 10.8 Å². The highest BCUT2D eigenvalue weighted by Crippen LogP contribution is 2.21. The molecule has 7 nitrogen and oxygen atoms in total. The van der Waals surface area contributed by atoms with Crippen LogP contribution in [0.3, 0.4) is 0 Å². The van der Waals surface area contributed by atoms with Crippen LogP contribution in [0.1, 0.15) is 10.4 Å². The van der Waals surface area contributed by atoms with Gasteiger partial charge in [0.25, 0.3) is 10.0 Å². The van der Waals surface area contributed by atoms with Crippen molar-refractivity contribution in [3.8, 4) is 0 Å². The molecule has 17 heavy (non-hydrogen) atoms. The lowest BCUT2D eigenvalue weighted by Crippen LogP contribution is -2.27. The van der Waals surface area contributed by atoms with Crippen molar-refractivity contribution in [2.45, 2.75) is 4.90 Å². The molecule has 0 saturated carbocycles. The summed E-state index contributed by atoms with van der Waals surface area (Å²) in [6, 6.07) is 3.52. The molecular formula is C9H12N2O5S. The summed E-state index contributed by atoms with van der Waals surface area (Å²) in [6.45, 7) is 0. The van der Waals surface area contributed by atoms with Gasteiger partial charge in [0, 0.05) is 12.7 Å². The zero-order chi connectivity index (χ0) is 13.2.